The summed E-state index contributed by atoms with van der Waals surface area (Å²) in [6.07, 6.45) is 0.897. The second kappa shape index (κ2) is 11.8. The number of benzene rings is 7. The highest BCUT2D eigenvalue weighted by molar-refractivity contribution is 5.91. The fourth-order valence-electron chi connectivity index (χ4n) is 8.39. The van der Waals surface area contributed by atoms with Crippen molar-refractivity contribution in [3.63, 3.8) is 0 Å². The van der Waals surface area contributed by atoms with E-state index in [0.29, 0.717) is 17.5 Å². The summed E-state index contributed by atoms with van der Waals surface area (Å²) >= 11 is 0. The molecule has 246 valence electrons. The number of rotatable bonds is 5. The molecule has 3 nitrogen and oxygen atoms in total. The molecule has 0 amide bonds. The molecule has 0 radical (unpaired) electrons. The molecule has 0 bridgehead atoms. The number of nitrogens with zero attached hydrogens (tertiary/aromatic N) is 3. The van der Waals surface area contributed by atoms with Crippen molar-refractivity contribution in [2.45, 2.75) is 25.7 Å². The van der Waals surface area contributed by atoms with Crippen LogP contribution in [0.1, 0.15) is 36.1 Å². The fraction of sp³-hybridized carbons (Fsp3) is 0.0816. The Labute approximate surface area is 304 Å². The van der Waals surface area contributed by atoms with Crippen molar-refractivity contribution in [1.29, 1.82) is 0 Å². The lowest BCUT2D eigenvalue weighted by molar-refractivity contribution is 0.660. The van der Waals surface area contributed by atoms with Crippen molar-refractivity contribution < 1.29 is 0 Å². The van der Waals surface area contributed by atoms with Crippen molar-refractivity contribution in [2.24, 2.45) is 0 Å². The van der Waals surface area contributed by atoms with Gasteiger partial charge in [0.05, 0.1) is 0 Å². The molecule has 0 saturated carbocycles. The van der Waals surface area contributed by atoms with E-state index in [2.05, 4.69) is 117 Å². The molecule has 52 heavy (non-hydrogen) atoms. The minimum Gasteiger partial charge on any atom is -0.208 e. The first-order chi connectivity index (χ1) is 25.5. The summed E-state index contributed by atoms with van der Waals surface area (Å²) in [5, 5.41) is 0. The molecule has 8 aromatic rings. The minimum absolute atomic E-state index is 0.0320. The normalized spacial score (nSPS) is 13.3. The summed E-state index contributed by atoms with van der Waals surface area (Å²) in [6, 6.07) is 58.5. The van der Waals surface area contributed by atoms with Crippen LogP contribution in [0.3, 0.4) is 0 Å². The largest absolute Gasteiger partial charge is 0.208 e. The molecule has 0 N–H and O–H groups in total. The molecule has 3 heteroatoms. The van der Waals surface area contributed by atoms with E-state index >= 15 is 0 Å². The zero-order valence-corrected chi connectivity index (χ0v) is 29.1. The molecule has 0 unspecified atom stereocenters. The van der Waals surface area contributed by atoms with Crippen molar-refractivity contribution in [2.75, 3.05) is 0 Å². The highest BCUT2D eigenvalue weighted by atomic mass is 15.0. The van der Waals surface area contributed by atoms with Crippen molar-refractivity contribution in [1.82, 2.24) is 15.0 Å². The summed E-state index contributed by atoms with van der Waals surface area (Å²) in [5.41, 5.74) is 18.9. The van der Waals surface area contributed by atoms with E-state index in [-0.39, 0.29) is 5.41 Å². The maximum Gasteiger partial charge on any atom is 0.164 e. The Morgan fingerprint density at radius 1 is 0.346 bits per heavy atom. The van der Waals surface area contributed by atoms with Crippen LogP contribution < -0.4 is 0 Å². The van der Waals surface area contributed by atoms with Gasteiger partial charge in [-0.15, -0.1) is 0 Å². The van der Waals surface area contributed by atoms with E-state index in [4.69, 9.17) is 15.0 Å². The van der Waals surface area contributed by atoms with Crippen LogP contribution in [0.15, 0.2) is 164 Å². The zero-order chi connectivity index (χ0) is 34.8. The molecule has 0 spiro atoms. The van der Waals surface area contributed by atoms with Crippen LogP contribution in [-0.4, -0.2) is 15.0 Å². The van der Waals surface area contributed by atoms with E-state index in [1.165, 1.54) is 66.8 Å². The Morgan fingerprint density at radius 2 is 0.769 bits per heavy atom. The van der Waals surface area contributed by atoms with Gasteiger partial charge in [0.1, 0.15) is 0 Å². The molecule has 2 aliphatic rings. The van der Waals surface area contributed by atoms with Crippen LogP contribution in [0.4, 0.5) is 0 Å². The second-order valence-electron chi connectivity index (χ2n) is 14.4. The van der Waals surface area contributed by atoms with Gasteiger partial charge in [0.25, 0.3) is 0 Å². The minimum atomic E-state index is -0.0320. The Morgan fingerprint density at radius 3 is 1.37 bits per heavy atom. The third kappa shape index (κ3) is 4.85. The first-order valence-corrected chi connectivity index (χ1v) is 18.0. The molecule has 0 aliphatic heterocycles. The number of fused-ring (bicyclic) bond motifs is 6. The predicted molar refractivity (Wildman–Crippen MR) is 213 cm³/mol. The molecule has 7 aromatic carbocycles. The lowest BCUT2D eigenvalue weighted by Crippen LogP contribution is -2.14. The quantitative estimate of drug-likeness (QED) is 0.184. The van der Waals surface area contributed by atoms with Gasteiger partial charge in [0.2, 0.25) is 0 Å². The van der Waals surface area contributed by atoms with Gasteiger partial charge in [0.15, 0.2) is 17.5 Å². The van der Waals surface area contributed by atoms with Crippen LogP contribution in [0.5, 0.6) is 0 Å². The topological polar surface area (TPSA) is 38.7 Å². The maximum atomic E-state index is 4.95. The van der Waals surface area contributed by atoms with Gasteiger partial charge < -0.3 is 0 Å². The van der Waals surface area contributed by atoms with Gasteiger partial charge in [-0.3, -0.25) is 0 Å². The van der Waals surface area contributed by atoms with Crippen LogP contribution in [0.2, 0.25) is 0 Å². The van der Waals surface area contributed by atoms with Gasteiger partial charge in [0, 0.05) is 22.1 Å². The van der Waals surface area contributed by atoms with E-state index in [0.717, 1.165) is 23.1 Å². The lowest BCUT2D eigenvalue weighted by Gasteiger charge is -2.22. The Bertz CT molecular complexity index is 2600. The van der Waals surface area contributed by atoms with E-state index < -0.39 is 0 Å². The SMILES string of the molecule is CC1(C)c2ccccc2-c2ccc(-c3cccc4c3Cc3c(-c5ccc(-c6nc(-c7ccccc7)nc(-c7ccccc7)n6)cc5)cccc3-4)cc21. The average molecular weight is 666 g/mol. The third-order valence-corrected chi connectivity index (χ3v) is 11.0. The van der Waals surface area contributed by atoms with Gasteiger partial charge in [-0.25, -0.2) is 15.0 Å². The molecule has 2 aliphatic carbocycles. The van der Waals surface area contributed by atoms with Crippen molar-refractivity contribution >= 4 is 0 Å². The lowest BCUT2D eigenvalue weighted by atomic mass is 9.81. The van der Waals surface area contributed by atoms with Gasteiger partial charge >= 0.3 is 0 Å². The second-order valence-corrected chi connectivity index (χ2v) is 14.4. The summed E-state index contributed by atoms with van der Waals surface area (Å²) in [6.45, 7) is 4.71. The van der Waals surface area contributed by atoms with Gasteiger partial charge in [-0.1, -0.05) is 172 Å². The van der Waals surface area contributed by atoms with Crippen molar-refractivity contribution in [3.8, 4) is 78.7 Å². The molecule has 0 saturated heterocycles. The first kappa shape index (κ1) is 30.4. The standard InChI is InChI=1S/C49H35N3/c1-49(2)44-22-10-9-17-40(44)41-28-27-35(29-45(41)49)37-19-12-21-39-38-20-11-18-36(42(38)30-43(37)39)31-23-25-34(26-24-31)48-51-46(32-13-5-3-6-14-32)50-47(52-48)33-15-7-4-8-16-33/h3-29H,30H2,1-2H3. The first-order valence-electron chi connectivity index (χ1n) is 18.0. The highest BCUT2D eigenvalue weighted by Gasteiger charge is 2.35. The average Bonchev–Trinajstić information content (AvgIpc) is 3.70. The molecular formula is C49H35N3. The Hall–Kier alpha value is -6.45. The highest BCUT2D eigenvalue weighted by Crippen LogP contribution is 2.51. The van der Waals surface area contributed by atoms with Crippen molar-refractivity contribution in [3.05, 3.63) is 186 Å². The smallest absolute Gasteiger partial charge is 0.164 e. The number of hydrogen-bond donors (Lipinski definition) is 0. The molecule has 1 heterocycles. The summed E-state index contributed by atoms with van der Waals surface area (Å²) in [4.78, 5) is 14.8. The monoisotopic (exact) mass is 665 g/mol. The molecule has 10 rings (SSSR count). The van der Waals surface area contributed by atoms with Crippen LogP contribution in [0, 0.1) is 0 Å². The summed E-state index contributed by atoms with van der Waals surface area (Å²) < 4.78 is 0. The summed E-state index contributed by atoms with van der Waals surface area (Å²) in [7, 11) is 0. The van der Waals surface area contributed by atoms with Gasteiger partial charge in [-0.05, 0) is 79.2 Å². The summed E-state index contributed by atoms with van der Waals surface area (Å²) in [5.74, 6) is 1.99. The maximum absolute atomic E-state index is 4.95. The number of aromatic nitrogens is 3. The Balaban J connectivity index is 1.00. The molecule has 0 fully saturated rings. The molecule has 1 aromatic heterocycles. The Kier molecular flexibility index (Phi) is 6.91. The van der Waals surface area contributed by atoms with E-state index in [9.17, 15) is 0 Å². The zero-order valence-electron chi connectivity index (χ0n) is 29.1. The van der Waals surface area contributed by atoms with E-state index in [1.807, 2.05) is 60.7 Å². The van der Waals surface area contributed by atoms with Gasteiger partial charge in [-0.2, -0.15) is 0 Å². The fourth-order valence-corrected chi connectivity index (χ4v) is 8.39. The van der Waals surface area contributed by atoms with Crippen LogP contribution >= 0.6 is 0 Å². The number of hydrogen-bond acceptors (Lipinski definition) is 3. The third-order valence-electron chi connectivity index (χ3n) is 11.0. The molecular weight excluding hydrogens is 631 g/mol. The molecule has 0 atom stereocenters. The predicted octanol–water partition coefficient (Wildman–Crippen LogP) is 12.1. The van der Waals surface area contributed by atoms with E-state index in [1.54, 1.807) is 0 Å². The van der Waals surface area contributed by atoms with Crippen LogP contribution in [-0.2, 0) is 11.8 Å². The van der Waals surface area contributed by atoms with Crippen LogP contribution in [0.25, 0.3) is 78.7 Å².